The normalized spacial score (nSPS) is 10.4. The van der Waals surface area contributed by atoms with Crippen LogP contribution in [-0.2, 0) is 0 Å². The second-order valence-electron chi connectivity index (χ2n) is 4.13. The third kappa shape index (κ3) is 2.18. The third-order valence-corrected chi connectivity index (χ3v) is 2.90. The Kier molecular flexibility index (Phi) is 3.04. The molecule has 1 N–H and O–H groups in total. The van der Waals surface area contributed by atoms with Gasteiger partial charge in [-0.05, 0) is 36.4 Å². The van der Waals surface area contributed by atoms with E-state index < -0.39 is 0 Å². The minimum absolute atomic E-state index is 0.205. The molecule has 2 heterocycles. The van der Waals surface area contributed by atoms with Gasteiger partial charge in [-0.15, -0.1) is 0 Å². The molecule has 0 spiro atoms. The fourth-order valence-electron chi connectivity index (χ4n) is 1.88. The topological polar surface area (TPSA) is 68.5 Å². The Morgan fingerprint density at radius 3 is 2.80 bits per heavy atom. The molecule has 6 nitrogen and oxygen atoms in total. The molecule has 20 heavy (non-hydrogen) atoms. The van der Waals surface area contributed by atoms with Gasteiger partial charge in [-0.25, -0.2) is 9.50 Å². The van der Waals surface area contributed by atoms with Crippen molar-refractivity contribution < 1.29 is 9.53 Å². The van der Waals surface area contributed by atoms with Gasteiger partial charge in [-0.1, -0.05) is 0 Å². The monoisotopic (exact) mass is 268 g/mol. The van der Waals surface area contributed by atoms with Crippen molar-refractivity contribution in [1.29, 1.82) is 0 Å². The quantitative estimate of drug-likeness (QED) is 0.788. The molecule has 0 saturated carbocycles. The van der Waals surface area contributed by atoms with Gasteiger partial charge < -0.3 is 10.1 Å². The Balaban J connectivity index is 1.86. The van der Waals surface area contributed by atoms with E-state index in [1.54, 1.807) is 54.2 Å². The average molecular weight is 268 g/mol. The largest absolute Gasteiger partial charge is 0.497 e. The highest BCUT2D eigenvalue weighted by Gasteiger charge is 2.09. The summed E-state index contributed by atoms with van der Waals surface area (Å²) in [7, 11) is 1.58. The number of carbonyl (C=O) groups is 1. The van der Waals surface area contributed by atoms with Crippen molar-refractivity contribution in [2.45, 2.75) is 0 Å². The van der Waals surface area contributed by atoms with Crippen LogP contribution < -0.4 is 10.1 Å². The van der Waals surface area contributed by atoms with Crippen LogP contribution in [0.2, 0.25) is 0 Å². The molecule has 0 aliphatic rings. The molecule has 2 aromatic heterocycles. The summed E-state index contributed by atoms with van der Waals surface area (Å²) in [6, 6.07) is 10.5. The first-order valence-corrected chi connectivity index (χ1v) is 6.02. The smallest absolute Gasteiger partial charge is 0.255 e. The minimum atomic E-state index is -0.205. The number of methoxy groups -OCH3 is 1. The van der Waals surface area contributed by atoms with E-state index in [1.165, 1.54) is 6.33 Å². The van der Waals surface area contributed by atoms with Crippen LogP contribution in [0.4, 0.5) is 5.69 Å². The molecule has 0 atom stereocenters. The lowest BCUT2D eigenvalue weighted by molar-refractivity contribution is 0.102. The molecule has 6 heteroatoms. The van der Waals surface area contributed by atoms with Crippen molar-refractivity contribution in [2.75, 3.05) is 12.4 Å². The van der Waals surface area contributed by atoms with Gasteiger partial charge in [0.2, 0.25) is 0 Å². The van der Waals surface area contributed by atoms with Crippen LogP contribution in [0.1, 0.15) is 10.4 Å². The molecule has 0 unspecified atom stereocenters. The molecular weight excluding hydrogens is 256 g/mol. The van der Waals surface area contributed by atoms with E-state index >= 15 is 0 Å². The van der Waals surface area contributed by atoms with E-state index in [9.17, 15) is 4.79 Å². The molecule has 3 rings (SSSR count). The molecular formula is C14H12N4O2. The Bertz CT molecular complexity index is 749. The average Bonchev–Trinajstić information content (AvgIpc) is 2.97. The first-order valence-electron chi connectivity index (χ1n) is 6.02. The summed E-state index contributed by atoms with van der Waals surface area (Å²) in [5.41, 5.74) is 1.77. The van der Waals surface area contributed by atoms with Crippen molar-refractivity contribution in [3.8, 4) is 5.75 Å². The van der Waals surface area contributed by atoms with Crippen LogP contribution in [0, 0.1) is 0 Å². The maximum absolute atomic E-state index is 12.2. The number of nitrogens with zero attached hydrogens (tertiary/aromatic N) is 3. The van der Waals surface area contributed by atoms with Crippen LogP contribution in [0.25, 0.3) is 5.65 Å². The highest BCUT2D eigenvalue weighted by molar-refractivity contribution is 6.05. The number of amides is 1. The number of fused-ring (bicyclic) bond motifs is 1. The summed E-state index contributed by atoms with van der Waals surface area (Å²) >= 11 is 0. The maximum Gasteiger partial charge on any atom is 0.255 e. The van der Waals surface area contributed by atoms with E-state index in [0.717, 1.165) is 0 Å². The van der Waals surface area contributed by atoms with Gasteiger partial charge in [0.15, 0.2) is 5.65 Å². The molecule has 1 aromatic carbocycles. The summed E-state index contributed by atoms with van der Waals surface area (Å²) in [5.74, 6) is 0.505. The number of ether oxygens (including phenoxy) is 1. The SMILES string of the molecule is COc1ccc(C(=O)Nc2cccn3ncnc23)cc1. The van der Waals surface area contributed by atoms with Crippen molar-refractivity contribution in [1.82, 2.24) is 14.6 Å². The molecule has 0 aliphatic heterocycles. The lowest BCUT2D eigenvalue weighted by atomic mass is 10.2. The highest BCUT2D eigenvalue weighted by Crippen LogP contribution is 2.16. The standard InChI is InChI=1S/C14H12N4O2/c1-20-11-6-4-10(5-7-11)14(19)17-12-3-2-8-18-13(12)15-9-16-18/h2-9H,1H3,(H,17,19). The Morgan fingerprint density at radius 1 is 1.25 bits per heavy atom. The number of benzene rings is 1. The molecule has 0 fully saturated rings. The summed E-state index contributed by atoms with van der Waals surface area (Å²) < 4.78 is 6.66. The molecule has 0 saturated heterocycles. The molecule has 0 aliphatic carbocycles. The molecule has 3 aromatic rings. The van der Waals surface area contributed by atoms with Crippen LogP contribution >= 0.6 is 0 Å². The van der Waals surface area contributed by atoms with E-state index in [0.29, 0.717) is 22.6 Å². The zero-order valence-electron chi connectivity index (χ0n) is 10.8. The zero-order valence-corrected chi connectivity index (χ0v) is 10.8. The maximum atomic E-state index is 12.2. The number of carbonyl (C=O) groups excluding carboxylic acids is 1. The van der Waals surface area contributed by atoms with E-state index in [4.69, 9.17) is 4.74 Å². The molecule has 0 bridgehead atoms. The highest BCUT2D eigenvalue weighted by atomic mass is 16.5. The van der Waals surface area contributed by atoms with Crippen LogP contribution in [0.5, 0.6) is 5.75 Å². The predicted octanol–water partition coefficient (Wildman–Crippen LogP) is 1.99. The Labute approximate surface area is 115 Å². The fourth-order valence-corrected chi connectivity index (χ4v) is 1.88. The van der Waals surface area contributed by atoms with Gasteiger partial charge >= 0.3 is 0 Å². The number of pyridine rings is 1. The van der Waals surface area contributed by atoms with Crippen LogP contribution in [-0.4, -0.2) is 27.6 Å². The Morgan fingerprint density at radius 2 is 2.05 bits per heavy atom. The first kappa shape index (κ1) is 12.2. The Hall–Kier alpha value is -2.89. The lowest BCUT2D eigenvalue weighted by Gasteiger charge is -2.06. The minimum Gasteiger partial charge on any atom is -0.497 e. The second-order valence-corrected chi connectivity index (χ2v) is 4.13. The number of aromatic nitrogens is 3. The molecule has 100 valence electrons. The van der Waals surface area contributed by atoms with Crippen molar-refractivity contribution in [3.05, 3.63) is 54.5 Å². The van der Waals surface area contributed by atoms with E-state index in [-0.39, 0.29) is 5.91 Å². The predicted molar refractivity (Wildman–Crippen MR) is 73.9 cm³/mol. The third-order valence-electron chi connectivity index (χ3n) is 2.90. The zero-order chi connectivity index (χ0) is 13.9. The molecule has 0 radical (unpaired) electrons. The van der Waals surface area contributed by atoms with E-state index in [1.807, 2.05) is 0 Å². The van der Waals surface area contributed by atoms with Crippen LogP contribution in [0.3, 0.4) is 0 Å². The number of rotatable bonds is 3. The summed E-state index contributed by atoms with van der Waals surface area (Å²) in [6.45, 7) is 0. The fraction of sp³-hybridized carbons (Fsp3) is 0.0714. The van der Waals surface area contributed by atoms with Crippen molar-refractivity contribution in [3.63, 3.8) is 0 Å². The number of hydrogen-bond acceptors (Lipinski definition) is 4. The van der Waals surface area contributed by atoms with Crippen molar-refractivity contribution in [2.24, 2.45) is 0 Å². The summed E-state index contributed by atoms with van der Waals surface area (Å²) in [6.07, 6.45) is 3.21. The summed E-state index contributed by atoms with van der Waals surface area (Å²) in [4.78, 5) is 16.3. The lowest BCUT2D eigenvalue weighted by Crippen LogP contribution is -2.12. The van der Waals surface area contributed by atoms with Gasteiger partial charge in [-0.3, -0.25) is 4.79 Å². The number of anilines is 1. The molecule has 1 amide bonds. The van der Waals surface area contributed by atoms with Gasteiger partial charge in [0.1, 0.15) is 12.1 Å². The van der Waals surface area contributed by atoms with Gasteiger partial charge in [0, 0.05) is 11.8 Å². The van der Waals surface area contributed by atoms with Gasteiger partial charge in [0.05, 0.1) is 12.8 Å². The number of nitrogens with one attached hydrogen (secondary N) is 1. The van der Waals surface area contributed by atoms with Crippen molar-refractivity contribution >= 4 is 17.2 Å². The van der Waals surface area contributed by atoms with Crippen LogP contribution in [0.15, 0.2) is 48.9 Å². The number of hydrogen-bond donors (Lipinski definition) is 1. The first-order chi connectivity index (χ1) is 9.78. The van der Waals surface area contributed by atoms with Gasteiger partial charge in [0.25, 0.3) is 5.91 Å². The summed E-state index contributed by atoms with van der Waals surface area (Å²) in [5, 5.41) is 6.84. The van der Waals surface area contributed by atoms with E-state index in [2.05, 4.69) is 15.4 Å². The van der Waals surface area contributed by atoms with Gasteiger partial charge in [-0.2, -0.15) is 5.10 Å². The second kappa shape index (κ2) is 5.00.